The topological polar surface area (TPSA) is 53.3 Å². The maximum atomic E-state index is 12.1. The quantitative estimate of drug-likeness (QED) is 0.776. The summed E-state index contributed by atoms with van der Waals surface area (Å²) in [5, 5.41) is 8.80. The molecule has 1 aliphatic heterocycles. The zero-order chi connectivity index (χ0) is 12.3. The average molecular weight is 230 g/mol. The summed E-state index contributed by atoms with van der Waals surface area (Å²) in [5.74, 6) is 0.709. The van der Waals surface area contributed by atoms with E-state index in [1.54, 1.807) is 36.3 Å². The summed E-state index contributed by atoms with van der Waals surface area (Å²) in [6.07, 6.45) is 0.776. The van der Waals surface area contributed by atoms with Crippen molar-refractivity contribution in [1.82, 2.24) is 4.90 Å². The highest BCUT2D eigenvalue weighted by molar-refractivity contribution is 5.94. The molecule has 1 heterocycles. The Kier molecular flexibility index (Phi) is 3.29. The highest BCUT2D eigenvalue weighted by Gasteiger charge is 2.26. The molecule has 1 atom stereocenters. The lowest BCUT2D eigenvalue weighted by molar-refractivity contribution is 0.0790. The number of nitrogens with zero attached hydrogens (tertiary/aromatic N) is 2. The van der Waals surface area contributed by atoms with Crippen LogP contribution in [0.25, 0.3) is 0 Å². The third-order valence-corrected chi connectivity index (χ3v) is 3.00. The van der Waals surface area contributed by atoms with Crippen LogP contribution >= 0.6 is 0 Å². The lowest BCUT2D eigenvalue weighted by Gasteiger charge is -2.15. The smallest absolute Gasteiger partial charge is 0.253 e. The molecule has 1 saturated heterocycles. The normalized spacial score (nSPS) is 18.8. The summed E-state index contributed by atoms with van der Waals surface area (Å²) < 4.78 is 5.04. The van der Waals surface area contributed by atoms with E-state index in [2.05, 4.69) is 6.07 Å². The number of benzene rings is 1. The molecule has 1 unspecified atom stereocenters. The van der Waals surface area contributed by atoms with Crippen molar-refractivity contribution in [3.05, 3.63) is 29.8 Å². The number of hydrogen-bond acceptors (Lipinski definition) is 3. The number of rotatable bonds is 2. The first-order valence-electron chi connectivity index (χ1n) is 5.57. The Morgan fingerprint density at radius 2 is 2.18 bits per heavy atom. The molecular weight excluding hydrogens is 216 g/mol. The van der Waals surface area contributed by atoms with Crippen LogP contribution in [-0.2, 0) is 0 Å². The van der Waals surface area contributed by atoms with Gasteiger partial charge in [0.1, 0.15) is 5.75 Å². The predicted octanol–water partition coefficient (Wildman–Crippen LogP) is 1.68. The van der Waals surface area contributed by atoms with E-state index in [-0.39, 0.29) is 11.8 Å². The van der Waals surface area contributed by atoms with Gasteiger partial charge in [0, 0.05) is 18.7 Å². The molecule has 0 radical (unpaired) electrons. The summed E-state index contributed by atoms with van der Waals surface area (Å²) in [5.41, 5.74) is 0.643. The van der Waals surface area contributed by atoms with Gasteiger partial charge in [-0.2, -0.15) is 5.26 Å². The minimum Gasteiger partial charge on any atom is -0.497 e. The third kappa shape index (κ3) is 2.39. The second-order valence-corrected chi connectivity index (χ2v) is 4.09. The van der Waals surface area contributed by atoms with E-state index in [9.17, 15) is 4.79 Å². The first-order chi connectivity index (χ1) is 8.24. The number of amides is 1. The van der Waals surface area contributed by atoms with Gasteiger partial charge in [-0.3, -0.25) is 4.79 Å². The molecule has 2 rings (SSSR count). The molecule has 88 valence electrons. The van der Waals surface area contributed by atoms with Gasteiger partial charge in [0.2, 0.25) is 0 Å². The van der Waals surface area contributed by atoms with Crippen LogP contribution in [0.4, 0.5) is 0 Å². The van der Waals surface area contributed by atoms with Crippen molar-refractivity contribution in [2.75, 3.05) is 20.2 Å². The average Bonchev–Trinajstić information content (AvgIpc) is 2.87. The van der Waals surface area contributed by atoms with E-state index in [1.165, 1.54) is 0 Å². The standard InChI is InChI=1S/C13H14N2O2/c1-17-12-4-2-11(3-5-12)13(16)15-7-6-10(8-14)9-15/h2-5,10H,6-7,9H2,1H3. The molecule has 0 saturated carbocycles. The highest BCUT2D eigenvalue weighted by atomic mass is 16.5. The number of methoxy groups -OCH3 is 1. The SMILES string of the molecule is COc1ccc(C(=O)N2CCC(C#N)C2)cc1. The molecule has 0 bridgehead atoms. The van der Waals surface area contributed by atoms with Crippen molar-refractivity contribution < 1.29 is 9.53 Å². The second kappa shape index (κ2) is 4.88. The van der Waals surface area contributed by atoms with Gasteiger partial charge < -0.3 is 9.64 Å². The summed E-state index contributed by atoms with van der Waals surface area (Å²) >= 11 is 0. The Morgan fingerprint density at radius 3 is 2.71 bits per heavy atom. The first kappa shape index (κ1) is 11.5. The van der Waals surface area contributed by atoms with Crippen LogP contribution in [0.15, 0.2) is 24.3 Å². The Labute approximate surface area is 100 Å². The molecule has 1 aromatic rings. The van der Waals surface area contributed by atoms with Crippen LogP contribution in [0.1, 0.15) is 16.8 Å². The lowest BCUT2D eigenvalue weighted by atomic mass is 10.1. The van der Waals surface area contributed by atoms with Gasteiger partial charge in [0.05, 0.1) is 19.1 Å². The van der Waals surface area contributed by atoms with Crippen LogP contribution in [0.5, 0.6) is 5.75 Å². The van der Waals surface area contributed by atoms with Crippen molar-refractivity contribution in [2.24, 2.45) is 5.92 Å². The van der Waals surface area contributed by atoms with Crippen LogP contribution in [-0.4, -0.2) is 31.0 Å². The Hall–Kier alpha value is -2.02. The maximum absolute atomic E-state index is 12.1. The Bertz CT molecular complexity index is 447. The van der Waals surface area contributed by atoms with Gasteiger partial charge in [-0.1, -0.05) is 0 Å². The van der Waals surface area contributed by atoms with E-state index in [0.29, 0.717) is 18.7 Å². The fourth-order valence-corrected chi connectivity index (χ4v) is 1.97. The van der Waals surface area contributed by atoms with Crippen LogP contribution < -0.4 is 4.74 Å². The zero-order valence-corrected chi connectivity index (χ0v) is 9.72. The number of carbonyl (C=O) groups excluding carboxylic acids is 1. The highest BCUT2D eigenvalue weighted by Crippen LogP contribution is 2.19. The molecule has 1 aromatic carbocycles. The first-order valence-corrected chi connectivity index (χ1v) is 5.57. The molecule has 0 spiro atoms. The third-order valence-electron chi connectivity index (χ3n) is 3.00. The summed E-state index contributed by atoms with van der Waals surface area (Å²) in [7, 11) is 1.59. The van der Waals surface area contributed by atoms with Gasteiger partial charge in [0.15, 0.2) is 0 Å². The number of carbonyl (C=O) groups is 1. The molecule has 4 heteroatoms. The van der Waals surface area contributed by atoms with Crippen LogP contribution in [0.2, 0.25) is 0 Å². The van der Waals surface area contributed by atoms with Gasteiger partial charge >= 0.3 is 0 Å². The molecule has 1 amide bonds. The van der Waals surface area contributed by atoms with E-state index >= 15 is 0 Å². The van der Waals surface area contributed by atoms with E-state index in [0.717, 1.165) is 12.2 Å². The fraction of sp³-hybridized carbons (Fsp3) is 0.385. The summed E-state index contributed by atoms with van der Waals surface area (Å²) in [6.45, 7) is 1.21. The molecular formula is C13H14N2O2. The largest absolute Gasteiger partial charge is 0.497 e. The predicted molar refractivity (Wildman–Crippen MR) is 62.6 cm³/mol. The van der Waals surface area contributed by atoms with Gasteiger partial charge in [0.25, 0.3) is 5.91 Å². The van der Waals surface area contributed by atoms with E-state index in [1.807, 2.05) is 0 Å². The molecule has 4 nitrogen and oxygen atoms in total. The molecule has 1 aliphatic rings. The van der Waals surface area contributed by atoms with Gasteiger partial charge in [-0.05, 0) is 30.7 Å². The molecule has 1 fully saturated rings. The minimum atomic E-state index is -0.0165. The van der Waals surface area contributed by atoms with Crippen molar-refractivity contribution in [1.29, 1.82) is 5.26 Å². The minimum absolute atomic E-state index is 0.00889. The Morgan fingerprint density at radius 1 is 1.47 bits per heavy atom. The lowest BCUT2D eigenvalue weighted by Crippen LogP contribution is -2.28. The summed E-state index contributed by atoms with van der Waals surface area (Å²) in [4.78, 5) is 13.8. The number of hydrogen-bond donors (Lipinski definition) is 0. The van der Waals surface area contributed by atoms with Crippen LogP contribution in [0.3, 0.4) is 0 Å². The van der Waals surface area contributed by atoms with Crippen molar-refractivity contribution in [3.63, 3.8) is 0 Å². The van der Waals surface area contributed by atoms with Crippen molar-refractivity contribution >= 4 is 5.91 Å². The van der Waals surface area contributed by atoms with E-state index in [4.69, 9.17) is 10.00 Å². The van der Waals surface area contributed by atoms with Crippen molar-refractivity contribution in [2.45, 2.75) is 6.42 Å². The van der Waals surface area contributed by atoms with Gasteiger partial charge in [-0.15, -0.1) is 0 Å². The number of nitriles is 1. The zero-order valence-electron chi connectivity index (χ0n) is 9.72. The molecule has 0 aromatic heterocycles. The molecule has 0 aliphatic carbocycles. The Balaban J connectivity index is 2.07. The fourth-order valence-electron chi connectivity index (χ4n) is 1.97. The van der Waals surface area contributed by atoms with E-state index < -0.39 is 0 Å². The maximum Gasteiger partial charge on any atom is 0.253 e. The summed E-state index contributed by atoms with van der Waals surface area (Å²) in [6, 6.07) is 9.24. The van der Waals surface area contributed by atoms with Crippen molar-refractivity contribution in [3.8, 4) is 11.8 Å². The van der Waals surface area contributed by atoms with Gasteiger partial charge in [-0.25, -0.2) is 0 Å². The molecule has 0 N–H and O–H groups in total. The number of ether oxygens (including phenoxy) is 1. The monoisotopic (exact) mass is 230 g/mol. The number of likely N-dealkylation sites (tertiary alicyclic amines) is 1. The van der Waals surface area contributed by atoms with Crippen LogP contribution in [0, 0.1) is 17.2 Å². The molecule has 17 heavy (non-hydrogen) atoms. The second-order valence-electron chi connectivity index (χ2n) is 4.09.